The summed E-state index contributed by atoms with van der Waals surface area (Å²) >= 11 is 6.17. The maximum absolute atomic E-state index is 6.17. The topological polar surface area (TPSA) is 27.8 Å². The first kappa shape index (κ1) is 11.1. The molecule has 0 radical (unpaired) electrons. The molecule has 90 valence electrons. The summed E-state index contributed by atoms with van der Waals surface area (Å²) in [5.41, 5.74) is 5.26. The zero-order valence-corrected chi connectivity index (χ0v) is 11.0. The van der Waals surface area contributed by atoms with Crippen LogP contribution in [-0.4, -0.2) is 18.1 Å². The van der Waals surface area contributed by atoms with Crippen molar-refractivity contribution in [3.05, 3.63) is 34.0 Å². The molecule has 2 aromatic rings. The van der Waals surface area contributed by atoms with Gasteiger partial charge in [0.15, 0.2) is 0 Å². The molecule has 1 unspecified atom stereocenters. The highest BCUT2D eigenvalue weighted by atomic mass is 35.5. The third-order valence-electron chi connectivity index (χ3n) is 3.97. The minimum atomic E-state index is 0.609. The maximum Gasteiger partial charge on any atom is 0.0503 e. The van der Waals surface area contributed by atoms with Gasteiger partial charge in [-0.1, -0.05) is 17.7 Å². The van der Waals surface area contributed by atoms with Crippen LogP contribution < -0.4 is 5.32 Å². The molecule has 0 saturated heterocycles. The normalized spacial score (nSPS) is 19.6. The number of aromatic amines is 1. The Labute approximate surface area is 106 Å². The Morgan fingerprint density at radius 1 is 1.41 bits per heavy atom. The monoisotopic (exact) mass is 248 g/mol. The first-order valence-corrected chi connectivity index (χ1v) is 6.54. The Hall–Kier alpha value is -0.990. The number of aromatic nitrogens is 1. The lowest BCUT2D eigenvalue weighted by Crippen LogP contribution is -2.31. The molecule has 0 fully saturated rings. The van der Waals surface area contributed by atoms with Crippen molar-refractivity contribution in [1.29, 1.82) is 0 Å². The van der Waals surface area contributed by atoms with Crippen LogP contribution in [0, 0.1) is 6.92 Å². The quantitative estimate of drug-likeness (QED) is 0.797. The molecule has 1 aliphatic rings. The van der Waals surface area contributed by atoms with Crippen molar-refractivity contribution in [2.45, 2.75) is 32.2 Å². The number of halogens is 1. The number of rotatable bonds is 1. The number of H-pyrrole nitrogens is 1. The van der Waals surface area contributed by atoms with E-state index >= 15 is 0 Å². The standard InChI is InChI=1S/C14H17ClN2/c1-8-12(15)5-4-10-11-7-9(16-2)3-6-13(11)17-14(8)10/h4-5,9,16-17H,3,6-7H2,1-2H3. The molecule has 0 spiro atoms. The highest BCUT2D eigenvalue weighted by Crippen LogP contribution is 2.33. The van der Waals surface area contributed by atoms with Crippen LogP contribution in [0.3, 0.4) is 0 Å². The van der Waals surface area contributed by atoms with Crippen LogP contribution in [0.15, 0.2) is 12.1 Å². The number of benzene rings is 1. The molecule has 3 heteroatoms. The van der Waals surface area contributed by atoms with Gasteiger partial charge < -0.3 is 10.3 Å². The number of hydrogen-bond donors (Lipinski definition) is 2. The molecule has 1 heterocycles. The van der Waals surface area contributed by atoms with E-state index in [0.29, 0.717) is 6.04 Å². The van der Waals surface area contributed by atoms with Gasteiger partial charge >= 0.3 is 0 Å². The van der Waals surface area contributed by atoms with Crippen molar-refractivity contribution in [3.8, 4) is 0 Å². The summed E-state index contributed by atoms with van der Waals surface area (Å²) in [7, 11) is 2.05. The smallest absolute Gasteiger partial charge is 0.0503 e. The molecule has 0 bridgehead atoms. The van der Waals surface area contributed by atoms with Crippen LogP contribution in [0.25, 0.3) is 10.9 Å². The third-order valence-corrected chi connectivity index (χ3v) is 4.38. The van der Waals surface area contributed by atoms with E-state index in [9.17, 15) is 0 Å². The molecular weight excluding hydrogens is 232 g/mol. The van der Waals surface area contributed by atoms with Crippen molar-refractivity contribution in [3.63, 3.8) is 0 Å². The van der Waals surface area contributed by atoms with Gasteiger partial charge in [-0.05, 0) is 50.4 Å². The van der Waals surface area contributed by atoms with E-state index < -0.39 is 0 Å². The maximum atomic E-state index is 6.17. The van der Waals surface area contributed by atoms with Gasteiger partial charge in [0.05, 0.1) is 5.52 Å². The predicted octanol–water partition coefficient (Wildman–Crippen LogP) is 3.21. The van der Waals surface area contributed by atoms with Crippen molar-refractivity contribution >= 4 is 22.5 Å². The second-order valence-corrected chi connectivity index (χ2v) is 5.31. The number of hydrogen-bond acceptors (Lipinski definition) is 1. The summed E-state index contributed by atoms with van der Waals surface area (Å²) in [6.07, 6.45) is 3.46. The molecule has 1 atom stereocenters. The minimum Gasteiger partial charge on any atom is -0.358 e. The summed E-state index contributed by atoms with van der Waals surface area (Å²) in [6, 6.07) is 4.77. The highest BCUT2D eigenvalue weighted by Gasteiger charge is 2.22. The zero-order chi connectivity index (χ0) is 12.0. The summed E-state index contributed by atoms with van der Waals surface area (Å²) in [6.45, 7) is 2.09. The number of likely N-dealkylation sites (N-methyl/N-ethyl adjacent to an activating group) is 1. The summed E-state index contributed by atoms with van der Waals surface area (Å²) in [4.78, 5) is 3.56. The van der Waals surface area contributed by atoms with E-state index in [1.54, 1.807) is 0 Å². The van der Waals surface area contributed by atoms with Crippen LogP contribution in [0.2, 0.25) is 5.02 Å². The van der Waals surface area contributed by atoms with Gasteiger partial charge in [0, 0.05) is 22.1 Å². The van der Waals surface area contributed by atoms with Crippen molar-refractivity contribution < 1.29 is 0 Å². The fourth-order valence-electron chi connectivity index (χ4n) is 2.85. The molecule has 3 rings (SSSR count). The SMILES string of the molecule is CNC1CCc2[nH]c3c(C)c(Cl)ccc3c2C1. The van der Waals surface area contributed by atoms with Crippen molar-refractivity contribution in [2.24, 2.45) is 0 Å². The summed E-state index contributed by atoms with van der Waals surface area (Å²) in [5.74, 6) is 0. The van der Waals surface area contributed by atoms with Crippen LogP contribution in [0.1, 0.15) is 23.2 Å². The summed E-state index contributed by atoms with van der Waals surface area (Å²) < 4.78 is 0. The molecule has 1 aliphatic carbocycles. The van der Waals surface area contributed by atoms with Gasteiger partial charge in [-0.3, -0.25) is 0 Å². The van der Waals surface area contributed by atoms with Crippen molar-refractivity contribution in [2.75, 3.05) is 7.05 Å². The van der Waals surface area contributed by atoms with Crippen molar-refractivity contribution in [1.82, 2.24) is 10.3 Å². The van der Waals surface area contributed by atoms with Crippen LogP contribution in [0.5, 0.6) is 0 Å². The van der Waals surface area contributed by atoms with E-state index in [0.717, 1.165) is 17.9 Å². The molecular formula is C14H17ClN2. The first-order chi connectivity index (χ1) is 8.20. The van der Waals surface area contributed by atoms with E-state index in [1.165, 1.54) is 34.1 Å². The molecule has 1 aromatic heterocycles. The molecule has 17 heavy (non-hydrogen) atoms. The second kappa shape index (κ2) is 4.04. The van der Waals surface area contributed by atoms with Gasteiger partial charge in [-0.25, -0.2) is 0 Å². The minimum absolute atomic E-state index is 0.609. The van der Waals surface area contributed by atoms with E-state index in [2.05, 4.69) is 23.3 Å². The molecule has 0 amide bonds. The van der Waals surface area contributed by atoms with Crippen LogP contribution >= 0.6 is 11.6 Å². The van der Waals surface area contributed by atoms with E-state index in [4.69, 9.17) is 11.6 Å². The lowest BCUT2D eigenvalue weighted by Gasteiger charge is -2.21. The fourth-order valence-corrected chi connectivity index (χ4v) is 3.01. The third kappa shape index (κ3) is 1.67. The Bertz CT molecular complexity index is 571. The highest BCUT2D eigenvalue weighted by molar-refractivity contribution is 6.32. The fraction of sp³-hybridized carbons (Fsp3) is 0.429. The van der Waals surface area contributed by atoms with Crippen LogP contribution in [0.4, 0.5) is 0 Å². The Balaban J connectivity index is 2.19. The number of nitrogens with one attached hydrogen (secondary N) is 2. The lowest BCUT2D eigenvalue weighted by molar-refractivity contribution is 0.495. The number of fused-ring (bicyclic) bond motifs is 3. The molecule has 0 saturated carbocycles. The van der Waals surface area contributed by atoms with Gasteiger partial charge in [0.2, 0.25) is 0 Å². The lowest BCUT2D eigenvalue weighted by atomic mass is 9.91. The summed E-state index contributed by atoms with van der Waals surface area (Å²) in [5, 5.41) is 5.58. The first-order valence-electron chi connectivity index (χ1n) is 6.16. The average molecular weight is 249 g/mol. The Kier molecular flexibility index (Phi) is 2.64. The van der Waals surface area contributed by atoms with Gasteiger partial charge in [0.1, 0.15) is 0 Å². The largest absolute Gasteiger partial charge is 0.358 e. The van der Waals surface area contributed by atoms with Gasteiger partial charge in [-0.15, -0.1) is 0 Å². The zero-order valence-electron chi connectivity index (χ0n) is 10.2. The Morgan fingerprint density at radius 2 is 2.24 bits per heavy atom. The predicted molar refractivity (Wildman–Crippen MR) is 72.9 cm³/mol. The number of aryl methyl sites for hydroxylation is 2. The van der Waals surface area contributed by atoms with Crippen LogP contribution in [-0.2, 0) is 12.8 Å². The molecule has 1 aromatic carbocycles. The van der Waals surface area contributed by atoms with Gasteiger partial charge in [-0.2, -0.15) is 0 Å². The average Bonchev–Trinajstić information content (AvgIpc) is 2.72. The van der Waals surface area contributed by atoms with Gasteiger partial charge in [0.25, 0.3) is 0 Å². The van der Waals surface area contributed by atoms with E-state index in [1.807, 2.05) is 13.1 Å². The molecule has 2 N–H and O–H groups in total. The molecule has 0 aliphatic heterocycles. The van der Waals surface area contributed by atoms with E-state index in [-0.39, 0.29) is 0 Å². The molecule has 2 nitrogen and oxygen atoms in total. The Morgan fingerprint density at radius 3 is 3.00 bits per heavy atom. The second-order valence-electron chi connectivity index (χ2n) is 4.91.